The number of allylic oxidation sites excluding steroid dienone is 1. The van der Waals surface area contributed by atoms with Crippen molar-refractivity contribution in [3.8, 4) is 11.5 Å². The molecule has 0 bridgehead atoms. The van der Waals surface area contributed by atoms with Crippen molar-refractivity contribution in [1.29, 1.82) is 0 Å². The monoisotopic (exact) mass is 526 g/mol. The lowest BCUT2D eigenvalue weighted by Crippen LogP contribution is -2.19. The summed E-state index contributed by atoms with van der Waals surface area (Å²) in [5.74, 6) is -1.75. The standard InChI is InChI=1S/C32H30O7/c1-22-12-11-19-26(33)18-10-4-9-17-25-20-27(38-30(34)23-13-5-2-6-14-23)21-28(29(25)32(36)37-22)39-31(35)24-15-7-3-8-16-24/h2-3,5-9,13-17,20-22H,4,10-12,18-19H2,1H3/t22-/m1/s1. The molecule has 39 heavy (non-hydrogen) atoms. The van der Waals surface area contributed by atoms with E-state index in [1.165, 1.54) is 12.1 Å². The predicted octanol–water partition coefficient (Wildman–Crippen LogP) is 6.61. The van der Waals surface area contributed by atoms with Crippen LogP contribution in [-0.4, -0.2) is 29.8 Å². The molecule has 1 aliphatic heterocycles. The van der Waals surface area contributed by atoms with Crippen molar-refractivity contribution in [1.82, 2.24) is 0 Å². The molecule has 7 nitrogen and oxygen atoms in total. The maximum Gasteiger partial charge on any atom is 0.343 e. The van der Waals surface area contributed by atoms with Gasteiger partial charge in [0.05, 0.1) is 17.2 Å². The van der Waals surface area contributed by atoms with Gasteiger partial charge in [0.1, 0.15) is 22.8 Å². The summed E-state index contributed by atoms with van der Waals surface area (Å²) in [6.07, 6.45) is 6.38. The SMILES string of the molecule is C[C@@H]1CCCC(=O)CCCC=Cc2cc(OC(=O)c3ccccc3)cc(OC(=O)c3ccccc3)c2C(=O)O1. The number of fused-ring (bicyclic) bond motifs is 1. The van der Waals surface area contributed by atoms with Crippen molar-refractivity contribution in [3.63, 3.8) is 0 Å². The average Bonchev–Trinajstić information content (AvgIpc) is 2.93. The molecule has 200 valence electrons. The Kier molecular flexibility index (Phi) is 9.40. The molecule has 0 saturated heterocycles. The zero-order valence-electron chi connectivity index (χ0n) is 21.8. The van der Waals surface area contributed by atoms with Gasteiger partial charge in [-0.1, -0.05) is 48.6 Å². The molecule has 0 amide bonds. The number of hydrogen-bond acceptors (Lipinski definition) is 7. The molecular weight excluding hydrogens is 496 g/mol. The van der Waals surface area contributed by atoms with Crippen LogP contribution in [0.15, 0.2) is 78.9 Å². The highest BCUT2D eigenvalue weighted by molar-refractivity contribution is 6.00. The first kappa shape index (κ1) is 27.5. The Morgan fingerprint density at radius 3 is 2.10 bits per heavy atom. The number of Topliss-reactive ketones (excluding diaryl/α,β-unsaturated/α-hetero) is 1. The fourth-order valence-electron chi connectivity index (χ4n) is 4.21. The van der Waals surface area contributed by atoms with Crippen LogP contribution >= 0.6 is 0 Å². The van der Waals surface area contributed by atoms with E-state index in [1.807, 2.05) is 6.08 Å². The summed E-state index contributed by atoms with van der Waals surface area (Å²) in [6.45, 7) is 1.76. The van der Waals surface area contributed by atoms with Gasteiger partial charge in [-0.05, 0) is 68.5 Å². The van der Waals surface area contributed by atoms with Crippen LogP contribution in [0.3, 0.4) is 0 Å². The van der Waals surface area contributed by atoms with Crippen LogP contribution in [0, 0.1) is 0 Å². The normalized spacial score (nSPS) is 16.4. The van der Waals surface area contributed by atoms with Crippen LogP contribution in [0.2, 0.25) is 0 Å². The minimum absolute atomic E-state index is 0.0510. The summed E-state index contributed by atoms with van der Waals surface area (Å²) in [5.41, 5.74) is 1.05. The number of benzene rings is 3. The summed E-state index contributed by atoms with van der Waals surface area (Å²) in [4.78, 5) is 51.3. The lowest BCUT2D eigenvalue weighted by Gasteiger charge is -2.18. The van der Waals surface area contributed by atoms with Crippen molar-refractivity contribution in [2.24, 2.45) is 0 Å². The second kappa shape index (κ2) is 13.3. The number of hydrogen-bond donors (Lipinski definition) is 0. The number of ketones is 1. The minimum atomic E-state index is -0.678. The smallest absolute Gasteiger partial charge is 0.343 e. The molecule has 3 aromatic carbocycles. The lowest BCUT2D eigenvalue weighted by atomic mass is 10.0. The molecule has 0 N–H and O–H groups in total. The van der Waals surface area contributed by atoms with Crippen molar-refractivity contribution in [2.75, 3.05) is 0 Å². The molecule has 0 saturated carbocycles. The third kappa shape index (κ3) is 7.74. The molecule has 0 radical (unpaired) electrons. The van der Waals surface area contributed by atoms with E-state index in [2.05, 4.69) is 0 Å². The van der Waals surface area contributed by atoms with E-state index < -0.39 is 24.0 Å². The predicted molar refractivity (Wildman–Crippen MR) is 146 cm³/mol. The van der Waals surface area contributed by atoms with Crippen LogP contribution in [-0.2, 0) is 9.53 Å². The maximum absolute atomic E-state index is 13.4. The molecule has 0 aromatic heterocycles. The minimum Gasteiger partial charge on any atom is -0.459 e. The molecule has 0 unspecified atom stereocenters. The van der Waals surface area contributed by atoms with Gasteiger partial charge >= 0.3 is 17.9 Å². The number of rotatable bonds is 4. The lowest BCUT2D eigenvalue weighted by molar-refractivity contribution is -0.119. The molecule has 7 heteroatoms. The Hall–Kier alpha value is -4.52. The maximum atomic E-state index is 13.4. The highest BCUT2D eigenvalue weighted by Gasteiger charge is 2.25. The molecule has 1 aliphatic rings. The van der Waals surface area contributed by atoms with E-state index >= 15 is 0 Å². The van der Waals surface area contributed by atoms with Crippen molar-refractivity contribution >= 4 is 29.8 Å². The summed E-state index contributed by atoms with van der Waals surface area (Å²) in [7, 11) is 0. The fraction of sp³-hybridized carbons (Fsp3) is 0.250. The molecule has 0 aliphatic carbocycles. The Morgan fingerprint density at radius 2 is 1.44 bits per heavy atom. The van der Waals surface area contributed by atoms with E-state index in [4.69, 9.17) is 14.2 Å². The molecule has 4 rings (SSSR count). The topological polar surface area (TPSA) is 96.0 Å². The number of carbonyl (C=O) groups is 4. The molecule has 1 atom stereocenters. The van der Waals surface area contributed by atoms with Crippen LogP contribution in [0.25, 0.3) is 6.08 Å². The van der Waals surface area contributed by atoms with Gasteiger partial charge in [0.25, 0.3) is 0 Å². The van der Waals surface area contributed by atoms with E-state index in [0.29, 0.717) is 55.2 Å². The van der Waals surface area contributed by atoms with E-state index in [1.54, 1.807) is 73.7 Å². The molecule has 0 spiro atoms. The average molecular weight is 527 g/mol. The first-order chi connectivity index (χ1) is 18.9. The summed E-state index contributed by atoms with van der Waals surface area (Å²) in [5, 5.41) is 0. The fourth-order valence-corrected chi connectivity index (χ4v) is 4.21. The van der Waals surface area contributed by atoms with Gasteiger partial charge in [-0.3, -0.25) is 4.79 Å². The van der Waals surface area contributed by atoms with Crippen molar-refractivity contribution < 1.29 is 33.4 Å². The molecule has 0 fully saturated rings. The largest absolute Gasteiger partial charge is 0.459 e. The third-order valence-electron chi connectivity index (χ3n) is 6.24. The summed E-state index contributed by atoms with van der Waals surface area (Å²) >= 11 is 0. The van der Waals surface area contributed by atoms with E-state index in [9.17, 15) is 19.2 Å². The zero-order chi connectivity index (χ0) is 27.6. The van der Waals surface area contributed by atoms with Gasteiger partial charge in [-0.25, -0.2) is 14.4 Å². The van der Waals surface area contributed by atoms with Crippen LogP contribution in [0.5, 0.6) is 11.5 Å². The van der Waals surface area contributed by atoms with Crippen molar-refractivity contribution in [2.45, 2.75) is 51.6 Å². The highest BCUT2D eigenvalue weighted by Crippen LogP contribution is 2.33. The Morgan fingerprint density at radius 1 is 0.821 bits per heavy atom. The Bertz CT molecular complexity index is 1360. The van der Waals surface area contributed by atoms with Crippen molar-refractivity contribution in [3.05, 3.63) is 101 Å². The van der Waals surface area contributed by atoms with Gasteiger partial charge in [0, 0.05) is 18.9 Å². The van der Waals surface area contributed by atoms with Gasteiger partial charge in [-0.15, -0.1) is 0 Å². The number of ether oxygens (including phenoxy) is 3. The first-order valence-corrected chi connectivity index (χ1v) is 13.0. The first-order valence-electron chi connectivity index (χ1n) is 13.0. The van der Waals surface area contributed by atoms with E-state index in [-0.39, 0.29) is 22.8 Å². The van der Waals surface area contributed by atoms with Gasteiger partial charge in [-0.2, -0.15) is 0 Å². The van der Waals surface area contributed by atoms with Crippen LogP contribution in [0.4, 0.5) is 0 Å². The van der Waals surface area contributed by atoms with Gasteiger partial charge in [0.15, 0.2) is 0 Å². The van der Waals surface area contributed by atoms with E-state index in [0.717, 1.165) is 0 Å². The summed E-state index contributed by atoms with van der Waals surface area (Å²) in [6, 6.07) is 19.7. The molecule has 1 heterocycles. The molecular formula is C32H30O7. The Labute approximate surface area is 227 Å². The second-order valence-corrected chi connectivity index (χ2v) is 9.34. The highest BCUT2D eigenvalue weighted by atomic mass is 16.6. The number of cyclic esters (lactones) is 1. The third-order valence-corrected chi connectivity index (χ3v) is 6.24. The van der Waals surface area contributed by atoms with Gasteiger partial charge in [0.2, 0.25) is 0 Å². The number of esters is 3. The zero-order valence-corrected chi connectivity index (χ0v) is 21.8. The quantitative estimate of drug-likeness (QED) is 0.279. The Balaban J connectivity index is 1.76. The molecule has 3 aromatic rings. The second-order valence-electron chi connectivity index (χ2n) is 9.34. The van der Waals surface area contributed by atoms with Gasteiger partial charge < -0.3 is 14.2 Å². The summed E-state index contributed by atoms with van der Waals surface area (Å²) < 4.78 is 17.0. The number of carbonyl (C=O) groups excluding carboxylic acids is 4. The van der Waals surface area contributed by atoms with Crippen LogP contribution in [0.1, 0.15) is 82.1 Å². The van der Waals surface area contributed by atoms with Crippen LogP contribution < -0.4 is 9.47 Å².